The van der Waals surface area contributed by atoms with Gasteiger partial charge in [-0.1, -0.05) is 6.07 Å². The monoisotopic (exact) mass is 265 g/mol. The van der Waals surface area contributed by atoms with Gasteiger partial charge in [-0.3, -0.25) is 4.79 Å². The molecule has 0 heterocycles. The standard InChI is InChI=1S/C11H11F4NO2/c1-6(16-10(17)11(13,14)15)7-3-4-9(18-2)8(12)5-7/h3-6H,1-2H3,(H,16,17). The number of methoxy groups -OCH3 is 1. The lowest BCUT2D eigenvalue weighted by molar-refractivity contribution is -0.174. The highest BCUT2D eigenvalue weighted by atomic mass is 19.4. The van der Waals surface area contributed by atoms with Gasteiger partial charge < -0.3 is 10.1 Å². The zero-order chi connectivity index (χ0) is 13.9. The summed E-state index contributed by atoms with van der Waals surface area (Å²) in [5.41, 5.74) is 0.214. The van der Waals surface area contributed by atoms with Crippen LogP contribution in [0.1, 0.15) is 18.5 Å². The van der Waals surface area contributed by atoms with Gasteiger partial charge >= 0.3 is 12.1 Å². The Bertz CT molecular complexity index is 445. The van der Waals surface area contributed by atoms with Crippen LogP contribution in [0.3, 0.4) is 0 Å². The van der Waals surface area contributed by atoms with E-state index in [0.29, 0.717) is 0 Å². The Hall–Kier alpha value is -1.79. The van der Waals surface area contributed by atoms with Crippen molar-refractivity contribution >= 4 is 5.91 Å². The smallest absolute Gasteiger partial charge is 0.471 e. The molecule has 0 spiro atoms. The van der Waals surface area contributed by atoms with Gasteiger partial charge in [-0.2, -0.15) is 13.2 Å². The fourth-order valence-corrected chi connectivity index (χ4v) is 1.31. The van der Waals surface area contributed by atoms with Crippen LogP contribution in [0.2, 0.25) is 0 Å². The number of rotatable bonds is 3. The Labute approximate surface area is 101 Å². The molecule has 0 aromatic heterocycles. The number of benzene rings is 1. The lowest BCUT2D eigenvalue weighted by atomic mass is 10.1. The third kappa shape index (κ3) is 3.35. The van der Waals surface area contributed by atoms with Gasteiger partial charge in [-0.15, -0.1) is 0 Å². The average Bonchev–Trinajstić information content (AvgIpc) is 2.27. The molecule has 7 heteroatoms. The summed E-state index contributed by atoms with van der Waals surface area (Å²) < 4.78 is 54.0. The summed E-state index contributed by atoms with van der Waals surface area (Å²) in [5, 5.41) is 1.73. The van der Waals surface area contributed by atoms with Crippen molar-refractivity contribution in [3.63, 3.8) is 0 Å². The first kappa shape index (κ1) is 14.3. The van der Waals surface area contributed by atoms with Gasteiger partial charge in [0.1, 0.15) is 0 Å². The van der Waals surface area contributed by atoms with Crippen molar-refractivity contribution in [1.29, 1.82) is 0 Å². The minimum atomic E-state index is -4.96. The molecule has 1 atom stereocenters. The summed E-state index contributed by atoms with van der Waals surface area (Å²) >= 11 is 0. The number of ether oxygens (including phenoxy) is 1. The zero-order valence-electron chi connectivity index (χ0n) is 9.64. The highest BCUT2D eigenvalue weighted by molar-refractivity contribution is 5.82. The molecule has 1 aromatic carbocycles. The van der Waals surface area contributed by atoms with E-state index in [9.17, 15) is 22.4 Å². The maximum atomic E-state index is 13.3. The van der Waals surface area contributed by atoms with Crippen molar-refractivity contribution in [1.82, 2.24) is 5.32 Å². The van der Waals surface area contributed by atoms with Crippen LogP contribution in [0.5, 0.6) is 5.75 Å². The first-order valence-electron chi connectivity index (χ1n) is 4.97. The molecule has 1 rings (SSSR count). The van der Waals surface area contributed by atoms with Crippen molar-refractivity contribution in [2.24, 2.45) is 0 Å². The Balaban J connectivity index is 2.82. The van der Waals surface area contributed by atoms with E-state index < -0.39 is 23.9 Å². The molecule has 1 amide bonds. The van der Waals surface area contributed by atoms with Crippen molar-refractivity contribution in [3.8, 4) is 5.75 Å². The van der Waals surface area contributed by atoms with E-state index in [-0.39, 0.29) is 11.3 Å². The molecule has 3 nitrogen and oxygen atoms in total. The Kier molecular flexibility index (Phi) is 4.15. The number of halogens is 4. The van der Waals surface area contributed by atoms with Gasteiger partial charge in [0.05, 0.1) is 13.2 Å². The van der Waals surface area contributed by atoms with Gasteiger partial charge in [0, 0.05) is 0 Å². The first-order chi connectivity index (χ1) is 8.25. The summed E-state index contributed by atoms with van der Waals surface area (Å²) in [7, 11) is 1.27. The number of alkyl halides is 3. The number of amides is 1. The maximum Gasteiger partial charge on any atom is 0.471 e. The van der Waals surface area contributed by atoms with E-state index in [2.05, 4.69) is 4.74 Å². The largest absolute Gasteiger partial charge is 0.494 e. The maximum absolute atomic E-state index is 13.3. The molecule has 1 unspecified atom stereocenters. The highest BCUT2D eigenvalue weighted by Gasteiger charge is 2.39. The van der Waals surface area contributed by atoms with Crippen molar-refractivity contribution in [2.45, 2.75) is 19.1 Å². The summed E-state index contributed by atoms with van der Waals surface area (Å²) in [5.74, 6) is -2.79. The van der Waals surface area contributed by atoms with E-state index >= 15 is 0 Å². The zero-order valence-corrected chi connectivity index (χ0v) is 9.64. The van der Waals surface area contributed by atoms with Crippen molar-refractivity contribution < 1.29 is 27.1 Å². The Morgan fingerprint density at radius 1 is 1.39 bits per heavy atom. The van der Waals surface area contributed by atoms with E-state index in [0.717, 1.165) is 6.07 Å². The van der Waals surface area contributed by atoms with Crippen LogP contribution in [0.15, 0.2) is 18.2 Å². The third-order valence-corrected chi connectivity index (χ3v) is 2.28. The van der Waals surface area contributed by atoms with Crippen LogP contribution in [0.25, 0.3) is 0 Å². The quantitative estimate of drug-likeness (QED) is 0.853. The third-order valence-electron chi connectivity index (χ3n) is 2.28. The Morgan fingerprint density at radius 3 is 2.44 bits per heavy atom. The van der Waals surface area contributed by atoms with Crippen LogP contribution >= 0.6 is 0 Å². The van der Waals surface area contributed by atoms with Gasteiger partial charge in [0.15, 0.2) is 11.6 Å². The summed E-state index contributed by atoms with van der Waals surface area (Å²) in [4.78, 5) is 10.7. The molecule has 0 radical (unpaired) electrons. The van der Waals surface area contributed by atoms with Crippen LogP contribution in [-0.2, 0) is 4.79 Å². The van der Waals surface area contributed by atoms with Crippen LogP contribution < -0.4 is 10.1 Å². The molecule has 1 N–H and O–H groups in total. The summed E-state index contributed by atoms with van der Waals surface area (Å²) in [6.07, 6.45) is -4.96. The molecule has 18 heavy (non-hydrogen) atoms. The second-order valence-electron chi connectivity index (χ2n) is 3.59. The molecule has 100 valence electrons. The predicted octanol–water partition coefficient (Wildman–Crippen LogP) is 2.57. The van der Waals surface area contributed by atoms with Gasteiger partial charge in [0.25, 0.3) is 0 Å². The fourth-order valence-electron chi connectivity index (χ4n) is 1.31. The average molecular weight is 265 g/mol. The lowest BCUT2D eigenvalue weighted by Gasteiger charge is -2.16. The van der Waals surface area contributed by atoms with Crippen LogP contribution in [0, 0.1) is 5.82 Å². The summed E-state index contributed by atoms with van der Waals surface area (Å²) in [6, 6.07) is 2.71. The van der Waals surface area contributed by atoms with Crippen molar-refractivity contribution in [2.75, 3.05) is 7.11 Å². The van der Waals surface area contributed by atoms with Gasteiger partial charge in [0.2, 0.25) is 0 Å². The normalized spacial score (nSPS) is 13.0. The fraction of sp³-hybridized carbons (Fsp3) is 0.364. The van der Waals surface area contributed by atoms with Crippen LogP contribution in [0.4, 0.5) is 17.6 Å². The number of hydrogen-bond donors (Lipinski definition) is 1. The SMILES string of the molecule is COc1ccc(C(C)NC(=O)C(F)(F)F)cc1F. The highest BCUT2D eigenvalue weighted by Crippen LogP contribution is 2.23. The molecular weight excluding hydrogens is 254 g/mol. The molecular formula is C11H11F4NO2. The first-order valence-corrected chi connectivity index (χ1v) is 4.97. The number of nitrogens with one attached hydrogen (secondary N) is 1. The van der Waals surface area contributed by atoms with E-state index in [1.54, 1.807) is 5.32 Å². The van der Waals surface area contributed by atoms with E-state index in [1.165, 1.54) is 26.2 Å². The predicted molar refractivity (Wildman–Crippen MR) is 55.6 cm³/mol. The van der Waals surface area contributed by atoms with Crippen molar-refractivity contribution in [3.05, 3.63) is 29.6 Å². The Morgan fingerprint density at radius 2 is 2.00 bits per heavy atom. The van der Waals surface area contributed by atoms with Crippen LogP contribution in [-0.4, -0.2) is 19.2 Å². The topological polar surface area (TPSA) is 38.3 Å². The molecule has 0 saturated heterocycles. The summed E-state index contributed by atoms with van der Waals surface area (Å²) in [6.45, 7) is 1.32. The molecule has 0 aliphatic rings. The minimum absolute atomic E-state index is 0.0203. The second-order valence-corrected chi connectivity index (χ2v) is 3.59. The lowest BCUT2D eigenvalue weighted by Crippen LogP contribution is -2.38. The molecule has 0 saturated carbocycles. The molecule has 0 fully saturated rings. The van der Waals surface area contributed by atoms with E-state index in [4.69, 9.17) is 0 Å². The number of carbonyl (C=O) groups excluding carboxylic acids is 1. The number of carbonyl (C=O) groups is 1. The molecule has 0 aliphatic carbocycles. The molecule has 0 aliphatic heterocycles. The second kappa shape index (κ2) is 5.24. The van der Waals surface area contributed by atoms with Gasteiger partial charge in [-0.05, 0) is 24.6 Å². The molecule has 1 aromatic rings. The number of hydrogen-bond acceptors (Lipinski definition) is 2. The molecule has 0 bridgehead atoms. The minimum Gasteiger partial charge on any atom is -0.494 e. The van der Waals surface area contributed by atoms with E-state index in [1.807, 2.05) is 0 Å². The van der Waals surface area contributed by atoms with Gasteiger partial charge in [-0.25, -0.2) is 4.39 Å².